The monoisotopic (exact) mass is 462 g/mol. The molecule has 0 aromatic heterocycles. The first kappa shape index (κ1) is 23.1. The van der Waals surface area contributed by atoms with Crippen molar-refractivity contribution in [1.29, 1.82) is 0 Å². The number of non-ortho nitro benzene ring substituents is 1. The van der Waals surface area contributed by atoms with E-state index in [-0.39, 0.29) is 24.2 Å². The fourth-order valence-corrected chi connectivity index (χ4v) is 4.15. The highest BCUT2D eigenvalue weighted by atomic mass is 16.6. The summed E-state index contributed by atoms with van der Waals surface area (Å²) in [6.45, 7) is 2.67. The van der Waals surface area contributed by atoms with Gasteiger partial charge in [-0.15, -0.1) is 0 Å². The molecule has 176 valence electrons. The zero-order valence-electron chi connectivity index (χ0n) is 19.3. The van der Waals surface area contributed by atoms with Gasteiger partial charge in [-0.1, -0.05) is 17.7 Å². The zero-order valence-corrected chi connectivity index (χ0v) is 19.3. The number of ether oxygens (including phenoxy) is 3. The van der Waals surface area contributed by atoms with E-state index in [1.165, 1.54) is 12.1 Å². The molecule has 1 aliphatic rings. The summed E-state index contributed by atoms with van der Waals surface area (Å²) >= 11 is 0. The largest absolute Gasteiger partial charge is 0.493 e. The van der Waals surface area contributed by atoms with Gasteiger partial charge in [-0.2, -0.15) is 0 Å². The SMILES string of the molecule is COc1cc2c(cc1OC)[C@@H](COc1ccc([N+](=O)[O-])cc1)N(C(=O)c1ccc(C)cc1)CC2. The molecule has 0 saturated carbocycles. The maximum Gasteiger partial charge on any atom is 0.269 e. The number of hydrogen-bond acceptors (Lipinski definition) is 6. The summed E-state index contributed by atoms with van der Waals surface area (Å²) in [4.78, 5) is 25.8. The van der Waals surface area contributed by atoms with E-state index in [0.29, 0.717) is 35.8 Å². The Morgan fingerprint density at radius 1 is 1.03 bits per heavy atom. The van der Waals surface area contributed by atoms with E-state index in [1.807, 2.05) is 48.2 Å². The van der Waals surface area contributed by atoms with Gasteiger partial charge in [0.15, 0.2) is 11.5 Å². The first-order valence-corrected chi connectivity index (χ1v) is 10.9. The van der Waals surface area contributed by atoms with Crippen LogP contribution in [0.25, 0.3) is 0 Å². The topological polar surface area (TPSA) is 91.1 Å². The summed E-state index contributed by atoms with van der Waals surface area (Å²) in [5, 5.41) is 10.9. The third kappa shape index (κ3) is 4.66. The van der Waals surface area contributed by atoms with E-state index in [1.54, 1.807) is 26.4 Å². The minimum atomic E-state index is -0.456. The van der Waals surface area contributed by atoms with Gasteiger partial charge in [-0.25, -0.2) is 0 Å². The Morgan fingerprint density at radius 2 is 1.68 bits per heavy atom. The average Bonchev–Trinajstić information content (AvgIpc) is 2.86. The van der Waals surface area contributed by atoms with Gasteiger partial charge in [0.1, 0.15) is 12.4 Å². The van der Waals surface area contributed by atoms with Crippen LogP contribution in [0.5, 0.6) is 17.2 Å². The van der Waals surface area contributed by atoms with Crippen molar-refractivity contribution in [3.05, 3.63) is 93.0 Å². The highest BCUT2D eigenvalue weighted by molar-refractivity contribution is 5.94. The van der Waals surface area contributed by atoms with E-state index < -0.39 is 4.92 Å². The van der Waals surface area contributed by atoms with Crippen LogP contribution in [0, 0.1) is 17.0 Å². The summed E-state index contributed by atoms with van der Waals surface area (Å²) in [6, 6.07) is 16.9. The fraction of sp³-hybridized carbons (Fsp3) is 0.269. The molecule has 1 atom stereocenters. The number of fused-ring (bicyclic) bond motifs is 1. The third-order valence-corrected chi connectivity index (χ3v) is 6.02. The molecule has 0 unspecified atom stereocenters. The van der Waals surface area contributed by atoms with E-state index in [2.05, 4.69) is 0 Å². The van der Waals surface area contributed by atoms with Gasteiger partial charge < -0.3 is 19.1 Å². The second-order valence-corrected chi connectivity index (χ2v) is 8.10. The molecule has 1 amide bonds. The number of carbonyl (C=O) groups excluding carboxylic acids is 1. The Kier molecular flexibility index (Phi) is 6.67. The predicted molar refractivity (Wildman–Crippen MR) is 127 cm³/mol. The molecule has 1 heterocycles. The second kappa shape index (κ2) is 9.82. The van der Waals surface area contributed by atoms with E-state index in [4.69, 9.17) is 14.2 Å². The Hall–Kier alpha value is -4.07. The molecule has 8 nitrogen and oxygen atoms in total. The number of nitro groups is 1. The lowest BCUT2D eigenvalue weighted by Crippen LogP contribution is -2.42. The lowest BCUT2D eigenvalue weighted by Gasteiger charge is -2.37. The molecule has 3 aromatic rings. The minimum absolute atomic E-state index is 0.0108. The highest BCUT2D eigenvalue weighted by Gasteiger charge is 2.33. The summed E-state index contributed by atoms with van der Waals surface area (Å²) in [7, 11) is 3.17. The van der Waals surface area contributed by atoms with Gasteiger partial charge in [0.05, 0.1) is 25.2 Å². The Bertz CT molecular complexity index is 1190. The highest BCUT2D eigenvalue weighted by Crippen LogP contribution is 2.39. The molecule has 1 aliphatic heterocycles. The van der Waals surface area contributed by atoms with Crippen molar-refractivity contribution in [1.82, 2.24) is 4.90 Å². The first-order chi connectivity index (χ1) is 16.4. The number of nitro benzene ring substituents is 1. The smallest absolute Gasteiger partial charge is 0.269 e. The minimum Gasteiger partial charge on any atom is -0.493 e. The van der Waals surface area contributed by atoms with E-state index in [0.717, 1.165) is 16.7 Å². The fourth-order valence-electron chi connectivity index (χ4n) is 4.15. The Balaban J connectivity index is 1.67. The molecule has 0 bridgehead atoms. The molecule has 0 radical (unpaired) electrons. The number of benzene rings is 3. The van der Waals surface area contributed by atoms with Crippen LogP contribution in [0.2, 0.25) is 0 Å². The van der Waals surface area contributed by atoms with Gasteiger partial charge in [0, 0.05) is 24.2 Å². The summed E-state index contributed by atoms with van der Waals surface area (Å²) in [5.41, 5.74) is 3.66. The summed E-state index contributed by atoms with van der Waals surface area (Å²) < 4.78 is 17.0. The van der Waals surface area contributed by atoms with Crippen LogP contribution in [-0.2, 0) is 6.42 Å². The first-order valence-electron chi connectivity index (χ1n) is 10.9. The van der Waals surface area contributed by atoms with Crippen molar-refractivity contribution >= 4 is 11.6 Å². The van der Waals surface area contributed by atoms with Crippen LogP contribution >= 0.6 is 0 Å². The quantitative estimate of drug-likeness (QED) is 0.372. The maximum absolute atomic E-state index is 13.5. The molecule has 34 heavy (non-hydrogen) atoms. The molecule has 3 aromatic carbocycles. The predicted octanol–water partition coefficient (Wildman–Crippen LogP) is 4.74. The maximum atomic E-state index is 13.5. The Labute approximate surface area is 197 Å². The molecule has 0 saturated heterocycles. The molecule has 0 fully saturated rings. The lowest BCUT2D eigenvalue weighted by molar-refractivity contribution is -0.384. The van der Waals surface area contributed by atoms with Crippen LogP contribution in [0.4, 0.5) is 5.69 Å². The number of hydrogen-bond donors (Lipinski definition) is 0. The van der Waals surface area contributed by atoms with Crippen LogP contribution in [0.1, 0.15) is 33.1 Å². The van der Waals surface area contributed by atoms with Crippen molar-refractivity contribution in [3.8, 4) is 17.2 Å². The van der Waals surface area contributed by atoms with Crippen molar-refractivity contribution in [2.75, 3.05) is 27.4 Å². The van der Waals surface area contributed by atoms with Gasteiger partial charge in [0.2, 0.25) is 0 Å². The average molecular weight is 463 g/mol. The molecule has 0 aliphatic carbocycles. The zero-order chi connectivity index (χ0) is 24.2. The van der Waals surface area contributed by atoms with Crippen molar-refractivity contribution in [2.45, 2.75) is 19.4 Å². The molecule has 4 rings (SSSR count). The van der Waals surface area contributed by atoms with E-state index in [9.17, 15) is 14.9 Å². The Morgan fingerprint density at radius 3 is 2.29 bits per heavy atom. The van der Waals surface area contributed by atoms with Gasteiger partial charge in [0.25, 0.3) is 11.6 Å². The number of amides is 1. The second-order valence-electron chi connectivity index (χ2n) is 8.10. The van der Waals surface area contributed by atoms with E-state index >= 15 is 0 Å². The number of aryl methyl sites for hydroxylation is 1. The van der Waals surface area contributed by atoms with Crippen LogP contribution in [-0.4, -0.2) is 43.1 Å². The lowest BCUT2D eigenvalue weighted by atomic mass is 9.91. The van der Waals surface area contributed by atoms with Gasteiger partial charge in [-0.3, -0.25) is 14.9 Å². The van der Waals surface area contributed by atoms with Crippen molar-refractivity contribution in [3.63, 3.8) is 0 Å². The van der Waals surface area contributed by atoms with Crippen LogP contribution in [0.15, 0.2) is 60.7 Å². The molecule has 0 spiro atoms. The molecular formula is C26H26N2O6. The molecule has 0 N–H and O–H groups in total. The van der Waals surface area contributed by atoms with Crippen LogP contribution in [0.3, 0.4) is 0 Å². The number of rotatable bonds is 7. The van der Waals surface area contributed by atoms with Gasteiger partial charge >= 0.3 is 0 Å². The molecular weight excluding hydrogens is 436 g/mol. The van der Waals surface area contributed by atoms with Crippen molar-refractivity contribution < 1.29 is 23.9 Å². The molecule has 8 heteroatoms. The summed E-state index contributed by atoms with van der Waals surface area (Å²) in [5.74, 6) is 1.61. The number of carbonyl (C=O) groups is 1. The third-order valence-electron chi connectivity index (χ3n) is 6.02. The summed E-state index contributed by atoms with van der Waals surface area (Å²) in [6.07, 6.45) is 0.668. The number of methoxy groups -OCH3 is 2. The normalized spacial score (nSPS) is 14.8. The van der Waals surface area contributed by atoms with Gasteiger partial charge in [-0.05, 0) is 60.9 Å². The van der Waals surface area contributed by atoms with Crippen molar-refractivity contribution in [2.24, 2.45) is 0 Å². The standard InChI is InChI=1S/C26H26N2O6/c1-17-4-6-18(7-5-17)26(29)27-13-12-19-14-24(32-2)25(33-3)15-22(19)23(27)16-34-21-10-8-20(9-11-21)28(30)31/h4-11,14-15,23H,12-13,16H2,1-3H3/t23-/m1/s1. The van der Waals surface area contributed by atoms with Crippen LogP contribution < -0.4 is 14.2 Å². The number of nitrogens with zero attached hydrogens (tertiary/aromatic N) is 2.